The van der Waals surface area contributed by atoms with Gasteiger partial charge in [-0.05, 0) is 55.2 Å². The zero-order chi connectivity index (χ0) is 31.0. The summed E-state index contributed by atoms with van der Waals surface area (Å²) in [4.78, 5) is 46.6. The van der Waals surface area contributed by atoms with Crippen molar-refractivity contribution in [2.75, 3.05) is 19.7 Å². The van der Waals surface area contributed by atoms with Crippen LogP contribution in [-0.4, -0.2) is 64.6 Å². The number of amides is 3. The molecule has 1 aliphatic carbocycles. The van der Waals surface area contributed by atoms with Gasteiger partial charge in [-0.3, -0.25) is 14.4 Å². The zero-order valence-corrected chi connectivity index (χ0v) is 25.9. The van der Waals surface area contributed by atoms with Gasteiger partial charge < -0.3 is 31.8 Å². The molecule has 0 bridgehead atoms. The predicted octanol–water partition coefficient (Wildman–Crippen LogP) is 3.31. The number of hydrogen-bond donors (Lipinski definition) is 6. The monoisotopic (exact) mass is 596 g/mol. The molecule has 1 fully saturated rings. The summed E-state index contributed by atoms with van der Waals surface area (Å²) in [5, 5.41) is 18.3. The summed E-state index contributed by atoms with van der Waals surface area (Å²) < 4.78 is 0. The third kappa shape index (κ3) is 11.1. The predicted molar refractivity (Wildman–Crippen MR) is 168 cm³/mol. The maximum Gasteiger partial charge on any atom is 0.245 e. The van der Waals surface area contributed by atoms with Crippen molar-refractivity contribution in [3.05, 3.63) is 53.6 Å². The summed E-state index contributed by atoms with van der Waals surface area (Å²) >= 11 is 0. The van der Waals surface area contributed by atoms with Gasteiger partial charge in [0.05, 0.1) is 13.0 Å². The van der Waals surface area contributed by atoms with E-state index in [1.807, 2.05) is 30.5 Å². The van der Waals surface area contributed by atoms with Crippen LogP contribution in [0.5, 0.6) is 0 Å². The Morgan fingerprint density at radius 3 is 2.42 bits per heavy atom. The average Bonchev–Trinajstić information content (AvgIpc) is 3.55. The van der Waals surface area contributed by atoms with Crippen LogP contribution < -0.4 is 21.7 Å². The van der Waals surface area contributed by atoms with Crippen molar-refractivity contribution in [2.45, 2.75) is 102 Å². The number of H-pyrrole nitrogens is 1. The molecule has 1 aliphatic rings. The minimum Gasteiger partial charge on any atom is -0.394 e. The van der Waals surface area contributed by atoms with Crippen LogP contribution in [0.3, 0.4) is 0 Å². The maximum atomic E-state index is 13.1. The quantitative estimate of drug-likeness (QED) is 0.145. The summed E-state index contributed by atoms with van der Waals surface area (Å²) in [6.07, 6.45) is 13.6. The first-order valence-electron chi connectivity index (χ1n) is 16.1. The van der Waals surface area contributed by atoms with Gasteiger partial charge in [-0.15, -0.1) is 0 Å². The van der Waals surface area contributed by atoms with Crippen LogP contribution in [0.1, 0.15) is 101 Å². The number of hydrogen-bond acceptors (Lipinski definition) is 6. The molecule has 2 aromatic rings. The number of aliphatic hydroxyl groups excluding tert-OH is 1. The van der Waals surface area contributed by atoms with Crippen molar-refractivity contribution in [2.24, 2.45) is 17.6 Å². The lowest BCUT2D eigenvalue weighted by molar-refractivity contribution is -0.133. The molecule has 0 saturated heterocycles. The second-order valence-electron chi connectivity index (χ2n) is 12.0. The highest BCUT2D eigenvalue weighted by Gasteiger charge is 2.27. The lowest BCUT2D eigenvalue weighted by atomic mass is 9.84. The van der Waals surface area contributed by atoms with Crippen LogP contribution >= 0.6 is 0 Å². The minimum absolute atomic E-state index is 0.0559. The number of imidazole rings is 1. The second-order valence-corrected chi connectivity index (χ2v) is 12.0. The second kappa shape index (κ2) is 18.4. The van der Waals surface area contributed by atoms with Gasteiger partial charge in [0.2, 0.25) is 17.7 Å². The Morgan fingerprint density at radius 2 is 1.79 bits per heavy atom. The molecule has 0 radical (unpaired) electrons. The Balaban J connectivity index is 1.54. The molecule has 1 aromatic carbocycles. The molecule has 1 saturated carbocycles. The van der Waals surface area contributed by atoms with E-state index in [-0.39, 0.29) is 24.2 Å². The lowest BCUT2D eigenvalue weighted by Crippen LogP contribution is -2.55. The van der Waals surface area contributed by atoms with Gasteiger partial charge in [-0.25, -0.2) is 4.98 Å². The topological polar surface area (TPSA) is 162 Å². The van der Waals surface area contributed by atoms with Crippen LogP contribution in [0.2, 0.25) is 0 Å². The molecule has 3 amide bonds. The number of nitrogens with two attached hydrogens (primary N) is 1. The van der Waals surface area contributed by atoms with Crippen molar-refractivity contribution in [1.82, 2.24) is 25.9 Å². The van der Waals surface area contributed by atoms with E-state index >= 15 is 0 Å². The molecule has 0 spiro atoms. The number of benzene rings is 1. The van der Waals surface area contributed by atoms with E-state index in [4.69, 9.17) is 5.73 Å². The maximum absolute atomic E-state index is 13.1. The fraction of sp³-hybridized carbons (Fsp3) is 0.636. The van der Waals surface area contributed by atoms with E-state index in [1.165, 1.54) is 32.1 Å². The number of aliphatic hydroxyl groups is 1. The van der Waals surface area contributed by atoms with Crippen LogP contribution in [0.15, 0.2) is 36.7 Å². The molecule has 238 valence electrons. The highest BCUT2D eigenvalue weighted by atomic mass is 16.3. The average molecular weight is 597 g/mol. The third-order valence-corrected chi connectivity index (χ3v) is 8.72. The highest BCUT2D eigenvalue weighted by molar-refractivity contribution is 5.92. The number of nitrogens with zero attached hydrogens (tertiary/aromatic N) is 1. The Labute approximate surface area is 256 Å². The molecule has 7 N–H and O–H groups in total. The SMILES string of the molecule is CCC(C)C(c1ccc(CC(=O)N[C@@H](CO)C(=O)N[C@@H](CCCCN)C(=O)NCCC2CCCCC2)cc1)c1ncc[nH]1. The van der Waals surface area contributed by atoms with Gasteiger partial charge in [0.1, 0.15) is 17.9 Å². The fourth-order valence-corrected chi connectivity index (χ4v) is 5.94. The van der Waals surface area contributed by atoms with Crippen LogP contribution in [-0.2, 0) is 20.8 Å². The van der Waals surface area contributed by atoms with Crippen molar-refractivity contribution in [3.63, 3.8) is 0 Å². The smallest absolute Gasteiger partial charge is 0.245 e. The Hall–Kier alpha value is -3.24. The third-order valence-electron chi connectivity index (χ3n) is 8.72. The van der Waals surface area contributed by atoms with Gasteiger partial charge >= 0.3 is 0 Å². The van der Waals surface area contributed by atoms with Crippen molar-refractivity contribution in [3.8, 4) is 0 Å². The molecule has 2 unspecified atom stereocenters. The van der Waals surface area contributed by atoms with Crippen LogP contribution in [0, 0.1) is 11.8 Å². The first-order valence-corrected chi connectivity index (χ1v) is 16.1. The molecule has 0 aliphatic heterocycles. The molecule has 10 heteroatoms. The van der Waals surface area contributed by atoms with Gasteiger partial charge in [-0.1, -0.05) is 76.6 Å². The number of nitrogens with one attached hydrogen (secondary N) is 4. The summed E-state index contributed by atoms with van der Waals surface area (Å²) in [5.41, 5.74) is 7.53. The van der Waals surface area contributed by atoms with E-state index < -0.39 is 24.6 Å². The van der Waals surface area contributed by atoms with Gasteiger partial charge in [0.25, 0.3) is 0 Å². The van der Waals surface area contributed by atoms with Crippen molar-refractivity contribution in [1.29, 1.82) is 0 Å². The normalized spacial score (nSPS) is 16.6. The Kier molecular flexibility index (Phi) is 14.7. The lowest BCUT2D eigenvalue weighted by Gasteiger charge is -2.24. The first kappa shape index (κ1) is 34.3. The van der Waals surface area contributed by atoms with E-state index in [0.29, 0.717) is 37.8 Å². The standard InChI is InChI=1S/C33H52N6O4/c1-3-23(2)30(31-35-19-20-36-31)26-14-12-25(13-15-26)21-29(41)38-28(22-40)33(43)39-27(11-7-8-17-34)32(42)37-18-16-24-9-5-4-6-10-24/h12-15,19-20,23-24,27-28,30,40H,3-11,16-18,21-22,34H2,1-2H3,(H,35,36)(H,37,42)(H,38,41)(H,39,43)/t23?,27-,28-,30?/m0/s1. The highest BCUT2D eigenvalue weighted by Crippen LogP contribution is 2.32. The van der Waals surface area contributed by atoms with Crippen LogP contribution in [0.4, 0.5) is 0 Å². The number of rotatable bonds is 18. The van der Waals surface area contributed by atoms with Crippen molar-refractivity contribution >= 4 is 17.7 Å². The summed E-state index contributed by atoms with van der Waals surface area (Å²) in [5.74, 6) is 0.839. The zero-order valence-electron chi connectivity index (χ0n) is 25.9. The molecule has 10 nitrogen and oxygen atoms in total. The van der Waals surface area contributed by atoms with E-state index in [0.717, 1.165) is 36.2 Å². The number of carbonyl (C=O) groups excluding carboxylic acids is 3. The molecule has 3 rings (SSSR count). The van der Waals surface area contributed by atoms with Crippen LogP contribution in [0.25, 0.3) is 0 Å². The fourth-order valence-electron chi connectivity index (χ4n) is 5.94. The summed E-state index contributed by atoms with van der Waals surface area (Å²) in [7, 11) is 0. The Bertz CT molecular complexity index is 1100. The van der Waals surface area contributed by atoms with Gasteiger partial charge in [0, 0.05) is 24.9 Å². The number of carbonyl (C=O) groups is 3. The molecule has 43 heavy (non-hydrogen) atoms. The number of aromatic nitrogens is 2. The Morgan fingerprint density at radius 1 is 1.05 bits per heavy atom. The molecular weight excluding hydrogens is 544 g/mol. The van der Waals surface area contributed by atoms with Gasteiger partial charge in [-0.2, -0.15) is 0 Å². The van der Waals surface area contributed by atoms with E-state index in [1.54, 1.807) is 6.20 Å². The molecular formula is C33H52N6O4. The van der Waals surface area contributed by atoms with Gasteiger partial charge in [0.15, 0.2) is 0 Å². The molecule has 1 aromatic heterocycles. The minimum atomic E-state index is -1.16. The summed E-state index contributed by atoms with van der Waals surface area (Å²) in [6, 6.07) is 5.93. The largest absolute Gasteiger partial charge is 0.394 e. The van der Waals surface area contributed by atoms with E-state index in [2.05, 4.69) is 39.8 Å². The molecule has 1 heterocycles. The number of aromatic amines is 1. The van der Waals surface area contributed by atoms with E-state index in [9.17, 15) is 19.5 Å². The number of unbranched alkanes of at least 4 members (excludes halogenated alkanes) is 1. The molecule has 4 atom stereocenters. The summed E-state index contributed by atoms with van der Waals surface area (Å²) in [6.45, 7) is 4.85. The van der Waals surface area contributed by atoms with Crippen molar-refractivity contribution < 1.29 is 19.5 Å². The first-order chi connectivity index (χ1) is 20.9.